The number of nitrogen functional groups attached to an aromatic ring is 1. The molecule has 2 unspecified atom stereocenters. The van der Waals surface area contributed by atoms with E-state index in [1.807, 2.05) is 24.3 Å². The van der Waals surface area contributed by atoms with E-state index in [1.165, 1.54) is 12.8 Å². The minimum Gasteiger partial charge on any atom is -0.397 e. The van der Waals surface area contributed by atoms with Gasteiger partial charge in [-0.1, -0.05) is 25.0 Å². The molecule has 106 valence electrons. The quantitative estimate of drug-likeness (QED) is 0.751. The highest BCUT2D eigenvalue weighted by Gasteiger charge is 2.24. The lowest BCUT2D eigenvalue weighted by Crippen LogP contribution is -2.34. The fourth-order valence-corrected chi connectivity index (χ4v) is 3.14. The van der Waals surface area contributed by atoms with Crippen LogP contribution in [0.25, 0.3) is 10.9 Å². The summed E-state index contributed by atoms with van der Waals surface area (Å²) in [6.07, 6.45) is 6.43. The number of nitrogens with one attached hydrogen (secondary N) is 1. The Labute approximate surface area is 119 Å². The van der Waals surface area contributed by atoms with Crippen molar-refractivity contribution in [2.75, 3.05) is 17.7 Å². The number of aromatic nitrogens is 1. The van der Waals surface area contributed by atoms with E-state index in [1.54, 1.807) is 6.20 Å². The SMILES string of the molecule is Nc1cccc2c(NC3CCCCC3CO)ccnc12. The molecule has 1 aliphatic carbocycles. The van der Waals surface area contributed by atoms with E-state index in [0.717, 1.165) is 29.4 Å². The van der Waals surface area contributed by atoms with Gasteiger partial charge in [-0.3, -0.25) is 4.98 Å². The molecule has 3 rings (SSSR count). The Morgan fingerprint density at radius 1 is 1.25 bits per heavy atom. The lowest BCUT2D eigenvalue weighted by molar-refractivity contribution is 0.178. The monoisotopic (exact) mass is 271 g/mol. The molecule has 4 heteroatoms. The number of nitrogens with zero attached hydrogens (tertiary/aromatic N) is 1. The molecule has 1 aromatic carbocycles. The number of hydrogen-bond donors (Lipinski definition) is 3. The van der Waals surface area contributed by atoms with Crippen molar-refractivity contribution in [3.8, 4) is 0 Å². The average Bonchev–Trinajstić information content (AvgIpc) is 2.49. The van der Waals surface area contributed by atoms with Crippen molar-refractivity contribution in [1.82, 2.24) is 4.98 Å². The van der Waals surface area contributed by atoms with Gasteiger partial charge in [0.25, 0.3) is 0 Å². The third-order valence-electron chi connectivity index (χ3n) is 4.29. The molecule has 1 aromatic heterocycles. The first kappa shape index (κ1) is 13.2. The van der Waals surface area contributed by atoms with E-state index < -0.39 is 0 Å². The fourth-order valence-electron chi connectivity index (χ4n) is 3.14. The minimum absolute atomic E-state index is 0.253. The maximum absolute atomic E-state index is 9.52. The highest BCUT2D eigenvalue weighted by molar-refractivity contribution is 5.97. The van der Waals surface area contributed by atoms with Crippen LogP contribution in [-0.4, -0.2) is 22.7 Å². The maximum Gasteiger partial charge on any atom is 0.0951 e. The molecule has 2 atom stereocenters. The first-order valence-electron chi connectivity index (χ1n) is 7.30. The van der Waals surface area contributed by atoms with Crippen LogP contribution in [0, 0.1) is 5.92 Å². The lowest BCUT2D eigenvalue weighted by Gasteiger charge is -2.32. The Hall–Kier alpha value is -1.81. The largest absolute Gasteiger partial charge is 0.397 e. The summed E-state index contributed by atoms with van der Waals surface area (Å²) in [4.78, 5) is 4.36. The number of anilines is 2. The van der Waals surface area contributed by atoms with Gasteiger partial charge in [-0.05, 0) is 25.0 Å². The molecule has 0 saturated heterocycles. The molecule has 2 aromatic rings. The van der Waals surface area contributed by atoms with Crippen molar-refractivity contribution in [2.45, 2.75) is 31.7 Å². The predicted molar refractivity (Wildman–Crippen MR) is 82.6 cm³/mol. The van der Waals surface area contributed by atoms with Gasteiger partial charge in [0.1, 0.15) is 0 Å². The highest BCUT2D eigenvalue weighted by atomic mass is 16.3. The Balaban J connectivity index is 1.92. The fraction of sp³-hybridized carbons (Fsp3) is 0.438. The van der Waals surface area contributed by atoms with Gasteiger partial charge in [-0.2, -0.15) is 0 Å². The number of para-hydroxylation sites is 1. The molecule has 1 heterocycles. The smallest absolute Gasteiger partial charge is 0.0951 e. The molecule has 20 heavy (non-hydrogen) atoms. The van der Waals surface area contributed by atoms with Crippen molar-refractivity contribution < 1.29 is 5.11 Å². The molecule has 0 amide bonds. The normalized spacial score (nSPS) is 22.9. The number of nitrogens with two attached hydrogens (primary N) is 1. The Bertz CT molecular complexity index is 599. The molecule has 4 N–H and O–H groups in total. The summed E-state index contributed by atoms with van der Waals surface area (Å²) in [5.74, 6) is 0.341. The number of rotatable bonds is 3. The minimum atomic E-state index is 0.253. The van der Waals surface area contributed by atoms with Crippen LogP contribution < -0.4 is 11.1 Å². The van der Waals surface area contributed by atoms with Crippen molar-refractivity contribution in [3.05, 3.63) is 30.5 Å². The molecule has 1 saturated carbocycles. The second-order valence-corrected chi connectivity index (χ2v) is 5.58. The van der Waals surface area contributed by atoms with Gasteiger partial charge in [-0.25, -0.2) is 0 Å². The van der Waals surface area contributed by atoms with Crippen LogP contribution in [0.15, 0.2) is 30.5 Å². The molecule has 0 aliphatic heterocycles. The molecule has 0 bridgehead atoms. The van der Waals surface area contributed by atoms with E-state index in [4.69, 9.17) is 5.73 Å². The van der Waals surface area contributed by atoms with E-state index in [2.05, 4.69) is 10.3 Å². The van der Waals surface area contributed by atoms with Crippen molar-refractivity contribution in [2.24, 2.45) is 5.92 Å². The Morgan fingerprint density at radius 3 is 2.95 bits per heavy atom. The number of benzene rings is 1. The molecule has 0 radical (unpaired) electrons. The van der Waals surface area contributed by atoms with Crippen LogP contribution in [0.2, 0.25) is 0 Å². The van der Waals surface area contributed by atoms with Crippen molar-refractivity contribution in [1.29, 1.82) is 0 Å². The topological polar surface area (TPSA) is 71.2 Å². The summed E-state index contributed by atoms with van der Waals surface area (Å²) in [6.45, 7) is 0.253. The van der Waals surface area contributed by atoms with Crippen LogP contribution in [0.1, 0.15) is 25.7 Å². The van der Waals surface area contributed by atoms with Gasteiger partial charge < -0.3 is 16.2 Å². The first-order chi connectivity index (χ1) is 9.79. The summed E-state index contributed by atoms with van der Waals surface area (Å²) in [7, 11) is 0. The van der Waals surface area contributed by atoms with E-state index in [-0.39, 0.29) is 6.61 Å². The van der Waals surface area contributed by atoms with Crippen LogP contribution >= 0.6 is 0 Å². The van der Waals surface area contributed by atoms with Gasteiger partial charge in [-0.15, -0.1) is 0 Å². The van der Waals surface area contributed by atoms with Crippen LogP contribution in [0.5, 0.6) is 0 Å². The summed E-state index contributed by atoms with van der Waals surface area (Å²) >= 11 is 0. The zero-order valence-corrected chi connectivity index (χ0v) is 11.5. The summed E-state index contributed by atoms with van der Waals surface area (Å²) in [6, 6.07) is 8.19. The maximum atomic E-state index is 9.52. The second kappa shape index (κ2) is 5.67. The van der Waals surface area contributed by atoms with Crippen LogP contribution in [0.3, 0.4) is 0 Å². The average molecular weight is 271 g/mol. The second-order valence-electron chi connectivity index (χ2n) is 5.58. The molecule has 1 aliphatic rings. The number of pyridine rings is 1. The number of aliphatic hydroxyl groups excluding tert-OH is 1. The Morgan fingerprint density at radius 2 is 2.10 bits per heavy atom. The van der Waals surface area contributed by atoms with Gasteiger partial charge >= 0.3 is 0 Å². The number of hydrogen-bond acceptors (Lipinski definition) is 4. The third kappa shape index (κ3) is 2.43. The van der Waals surface area contributed by atoms with Gasteiger partial charge in [0, 0.05) is 35.8 Å². The van der Waals surface area contributed by atoms with E-state index in [0.29, 0.717) is 17.6 Å². The highest BCUT2D eigenvalue weighted by Crippen LogP contribution is 2.30. The third-order valence-corrected chi connectivity index (χ3v) is 4.29. The van der Waals surface area contributed by atoms with Crippen LogP contribution in [-0.2, 0) is 0 Å². The van der Waals surface area contributed by atoms with E-state index >= 15 is 0 Å². The van der Waals surface area contributed by atoms with E-state index in [9.17, 15) is 5.11 Å². The summed E-state index contributed by atoms with van der Waals surface area (Å²) < 4.78 is 0. The zero-order valence-electron chi connectivity index (χ0n) is 11.5. The molecular formula is C16H21N3O. The van der Waals surface area contributed by atoms with Gasteiger partial charge in [0.15, 0.2) is 0 Å². The lowest BCUT2D eigenvalue weighted by atomic mass is 9.85. The Kier molecular flexibility index (Phi) is 3.74. The molecular weight excluding hydrogens is 250 g/mol. The summed E-state index contributed by atoms with van der Waals surface area (Å²) in [5, 5.41) is 14.2. The molecule has 0 spiro atoms. The zero-order chi connectivity index (χ0) is 13.9. The standard InChI is InChI=1S/C16H21N3O/c17-13-6-3-5-12-15(8-9-18-16(12)13)19-14-7-2-1-4-11(14)10-20/h3,5-6,8-9,11,14,20H,1-2,4,7,10,17H2,(H,18,19). The first-order valence-corrected chi connectivity index (χ1v) is 7.30. The molecule has 1 fully saturated rings. The number of aliphatic hydroxyl groups is 1. The van der Waals surface area contributed by atoms with Crippen LogP contribution in [0.4, 0.5) is 11.4 Å². The van der Waals surface area contributed by atoms with Gasteiger partial charge in [0.05, 0.1) is 11.2 Å². The summed E-state index contributed by atoms with van der Waals surface area (Å²) in [5.41, 5.74) is 8.59. The predicted octanol–water partition coefficient (Wildman–Crippen LogP) is 2.78. The molecule has 4 nitrogen and oxygen atoms in total. The van der Waals surface area contributed by atoms with Gasteiger partial charge in [0.2, 0.25) is 0 Å². The number of fused-ring (bicyclic) bond motifs is 1. The van der Waals surface area contributed by atoms with Crippen molar-refractivity contribution >= 4 is 22.3 Å². The van der Waals surface area contributed by atoms with Crippen molar-refractivity contribution in [3.63, 3.8) is 0 Å².